The third kappa shape index (κ3) is 3.19. The van der Waals surface area contributed by atoms with Crippen molar-refractivity contribution in [1.29, 1.82) is 0 Å². The lowest BCUT2D eigenvalue weighted by atomic mass is 10.0. The van der Waals surface area contributed by atoms with Crippen LogP contribution in [-0.2, 0) is 11.8 Å². The van der Waals surface area contributed by atoms with Crippen LogP contribution >= 0.6 is 11.6 Å². The van der Waals surface area contributed by atoms with Gasteiger partial charge in [0, 0.05) is 20.8 Å². The third-order valence-corrected chi connectivity index (χ3v) is 2.62. The molecule has 5 heteroatoms. The molecule has 0 aliphatic carbocycles. The molecule has 0 fully saturated rings. The number of hydrogen-bond donors (Lipinski definition) is 1. The molecule has 2 atom stereocenters. The highest BCUT2D eigenvalue weighted by molar-refractivity contribution is 6.31. The van der Waals surface area contributed by atoms with Crippen LogP contribution in [0.25, 0.3) is 0 Å². The second-order valence-corrected chi connectivity index (χ2v) is 4.22. The van der Waals surface area contributed by atoms with Crippen LogP contribution in [0.3, 0.4) is 0 Å². The average molecular weight is 233 g/mol. The molecule has 0 amide bonds. The maximum Gasteiger partial charge on any atom is 0.0975 e. The lowest BCUT2D eigenvalue weighted by Gasteiger charge is -2.16. The number of aromatic nitrogens is 2. The van der Waals surface area contributed by atoms with E-state index in [0.717, 1.165) is 0 Å². The van der Waals surface area contributed by atoms with E-state index in [1.165, 1.54) is 0 Å². The van der Waals surface area contributed by atoms with E-state index in [1.807, 2.05) is 6.92 Å². The Balaban J connectivity index is 2.64. The van der Waals surface area contributed by atoms with Gasteiger partial charge in [0.15, 0.2) is 0 Å². The Morgan fingerprint density at radius 2 is 2.33 bits per heavy atom. The molecule has 0 aliphatic rings. The summed E-state index contributed by atoms with van der Waals surface area (Å²) in [6, 6.07) is 0. The molecule has 0 aromatic carbocycles. The number of nitrogens with zero attached hydrogens (tertiary/aromatic N) is 2. The van der Waals surface area contributed by atoms with Crippen LogP contribution in [0.2, 0.25) is 5.02 Å². The van der Waals surface area contributed by atoms with Crippen molar-refractivity contribution < 1.29 is 9.84 Å². The van der Waals surface area contributed by atoms with Crippen molar-refractivity contribution in [3.63, 3.8) is 0 Å². The van der Waals surface area contributed by atoms with Crippen LogP contribution in [0.4, 0.5) is 0 Å². The second-order valence-electron chi connectivity index (χ2n) is 3.81. The summed E-state index contributed by atoms with van der Waals surface area (Å²) in [6.45, 7) is 2.66. The zero-order valence-corrected chi connectivity index (χ0v) is 10.0. The highest BCUT2D eigenvalue weighted by Crippen LogP contribution is 2.26. The Labute approximate surface area is 94.8 Å². The fourth-order valence-corrected chi connectivity index (χ4v) is 1.93. The Bertz CT molecular complexity index is 295. The number of rotatable bonds is 5. The van der Waals surface area contributed by atoms with Crippen LogP contribution in [0.5, 0.6) is 0 Å². The summed E-state index contributed by atoms with van der Waals surface area (Å²) in [5.41, 5.74) is 0.666. The van der Waals surface area contributed by atoms with E-state index in [0.29, 0.717) is 23.7 Å². The molecule has 0 radical (unpaired) electrons. The maximum absolute atomic E-state index is 9.97. The SMILES string of the molecule is COCC(C)CC(O)c1c(Cl)cnn1C. The average Bonchev–Trinajstić information content (AvgIpc) is 2.46. The molecule has 1 heterocycles. The van der Waals surface area contributed by atoms with Gasteiger partial charge in [-0.25, -0.2) is 0 Å². The molecule has 15 heavy (non-hydrogen) atoms. The van der Waals surface area contributed by atoms with E-state index in [2.05, 4.69) is 5.10 Å². The van der Waals surface area contributed by atoms with Gasteiger partial charge in [-0.15, -0.1) is 0 Å². The predicted molar refractivity (Wildman–Crippen MR) is 58.8 cm³/mol. The molecule has 1 N–H and O–H groups in total. The fourth-order valence-electron chi connectivity index (χ4n) is 1.64. The van der Waals surface area contributed by atoms with Gasteiger partial charge >= 0.3 is 0 Å². The van der Waals surface area contributed by atoms with E-state index in [1.54, 1.807) is 25.0 Å². The third-order valence-electron chi connectivity index (χ3n) is 2.33. The monoisotopic (exact) mass is 232 g/mol. The molecule has 0 saturated heterocycles. The fraction of sp³-hybridized carbons (Fsp3) is 0.700. The van der Waals surface area contributed by atoms with Gasteiger partial charge in [-0.05, 0) is 12.3 Å². The first-order valence-electron chi connectivity index (χ1n) is 4.90. The summed E-state index contributed by atoms with van der Waals surface area (Å²) in [6.07, 6.45) is 1.57. The summed E-state index contributed by atoms with van der Waals surface area (Å²) in [5, 5.41) is 14.5. The van der Waals surface area contributed by atoms with Gasteiger partial charge in [-0.1, -0.05) is 18.5 Å². The zero-order valence-electron chi connectivity index (χ0n) is 9.27. The van der Waals surface area contributed by atoms with E-state index in [4.69, 9.17) is 16.3 Å². The summed E-state index contributed by atoms with van der Waals surface area (Å²) < 4.78 is 6.62. The van der Waals surface area contributed by atoms with Crippen LogP contribution in [0.15, 0.2) is 6.20 Å². The Hall–Kier alpha value is -0.580. The van der Waals surface area contributed by atoms with Gasteiger partial charge < -0.3 is 9.84 Å². The quantitative estimate of drug-likeness (QED) is 0.842. The van der Waals surface area contributed by atoms with Gasteiger partial charge in [0.2, 0.25) is 0 Å². The zero-order chi connectivity index (χ0) is 11.4. The smallest absolute Gasteiger partial charge is 0.0975 e. The minimum absolute atomic E-state index is 0.288. The summed E-state index contributed by atoms with van der Waals surface area (Å²) >= 11 is 5.93. The summed E-state index contributed by atoms with van der Waals surface area (Å²) in [4.78, 5) is 0. The number of aryl methyl sites for hydroxylation is 1. The molecule has 1 aromatic heterocycles. The molecule has 0 spiro atoms. The van der Waals surface area contributed by atoms with Gasteiger partial charge in [0.25, 0.3) is 0 Å². The largest absolute Gasteiger partial charge is 0.387 e. The minimum atomic E-state index is -0.588. The van der Waals surface area contributed by atoms with Gasteiger partial charge in [0.1, 0.15) is 0 Å². The molecular formula is C10H17ClN2O2. The molecule has 4 nitrogen and oxygen atoms in total. The van der Waals surface area contributed by atoms with Crippen molar-refractivity contribution in [2.75, 3.05) is 13.7 Å². The lowest BCUT2D eigenvalue weighted by Crippen LogP contribution is -2.12. The number of aliphatic hydroxyl groups is 1. The number of ether oxygens (including phenoxy) is 1. The number of methoxy groups -OCH3 is 1. The van der Waals surface area contributed by atoms with E-state index in [-0.39, 0.29) is 5.92 Å². The first-order valence-corrected chi connectivity index (χ1v) is 5.28. The molecule has 1 rings (SSSR count). The number of aliphatic hydroxyl groups excluding tert-OH is 1. The molecule has 1 aromatic rings. The van der Waals surface area contributed by atoms with Crippen LogP contribution < -0.4 is 0 Å². The Kier molecular flexibility index (Phi) is 4.57. The van der Waals surface area contributed by atoms with Crippen molar-refractivity contribution in [2.24, 2.45) is 13.0 Å². The number of hydrogen-bond acceptors (Lipinski definition) is 3. The molecule has 0 bridgehead atoms. The number of halogens is 1. The molecule has 2 unspecified atom stereocenters. The molecular weight excluding hydrogens is 216 g/mol. The maximum atomic E-state index is 9.97. The standard InChI is InChI=1S/C10H17ClN2O2/c1-7(6-15-3)4-9(14)10-8(11)5-12-13(10)2/h5,7,9,14H,4,6H2,1-3H3. The molecule has 0 saturated carbocycles. The van der Waals surface area contributed by atoms with Crippen molar-refractivity contribution in [3.8, 4) is 0 Å². The van der Waals surface area contributed by atoms with Crippen molar-refractivity contribution >= 4 is 11.6 Å². The lowest BCUT2D eigenvalue weighted by molar-refractivity contribution is 0.0973. The van der Waals surface area contributed by atoms with Crippen LogP contribution in [-0.4, -0.2) is 28.6 Å². The van der Waals surface area contributed by atoms with E-state index < -0.39 is 6.10 Å². The topological polar surface area (TPSA) is 47.3 Å². The van der Waals surface area contributed by atoms with E-state index in [9.17, 15) is 5.11 Å². The Morgan fingerprint density at radius 3 is 2.80 bits per heavy atom. The Morgan fingerprint density at radius 1 is 1.67 bits per heavy atom. The first kappa shape index (κ1) is 12.5. The summed E-state index contributed by atoms with van der Waals surface area (Å²) in [7, 11) is 3.42. The van der Waals surface area contributed by atoms with Gasteiger partial charge in [-0.3, -0.25) is 4.68 Å². The van der Waals surface area contributed by atoms with Crippen molar-refractivity contribution in [3.05, 3.63) is 16.9 Å². The second kappa shape index (κ2) is 5.49. The minimum Gasteiger partial charge on any atom is -0.387 e. The predicted octanol–water partition coefficient (Wildman–Crippen LogP) is 1.78. The van der Waals surface area contributed by atoms with Crippen LogP contribution in [0, 0.1) is 5.92 Å². The van der Waals surface area contributed by atoms with Gasteiger partial charge in [-0.2, -0.15) is 5.10 Å². The first-order chi connectivity index (χ1) is 7.06. The van der Waals surface area contributed by atoms with Crippen LogP contribution in [0.1, 0.15) is 25.1 Å². The molecule has 86 valence electrons. The highest BCUT2D eigenvalue weighted by Gasteiger charge is 2.18. The van der Waals surface area contributed by atoms with Crippen molar-refractivity contribution in [1.82, 2.24) is 9.78 Å². The normalized spacial score (nSPS) is 15.3. The van der Waals surface area contributed by atoms with Gasteiger partial charge in [0.05, 0.1) is 23.0 Å². The molecule has 0 aliphatic heterocycles. The van der Waals surface area contributed by atoms with E-state index >= 15 is 0 Å². The van der Waals surface area contributed by atoms with Crippen molar-refractivity contribution in [2.45, 2.75) is 19.4 Å². The highest BCUT2D eigenvalue weighted by atomic mass is 35.5. The summed E-state index contributed by atoms with van der Waals surface area (Å²) in [5.74, 6) is 0.288.